The third-order valence-electron chi connectivity index (χ3n) is 2.37. The van der Waals surface area contributed by atoms with Gasteiger partial charge in [0.1, 0.15) is 5.75 Å². The monoisotopic (exact) mass is 301 g/mol. The predicted octanol–water partition coefficient (Wildman–Crippen LogP) is 2.68. The Kier molecular flexibility index (Phi) is 5.28. The molecule has 0 aliphatic heterocycles. The second kappa shape index (κ2) is 6.49. The Morgan fingerprint density at radius 2 is 2.18 bits per heavy atom. The lowest BCUT2D eigenvalue weighted by Gasteiger charge is -2.12. The van der Waals surface area contributed by atoms with Crippen molar-refractivity contribution in [3.8, 4) is 5.75 Å². The minimum absolute atomic E-state index is 0.186. The van der Waals surface area contributed by atoms with Crippen molar-refractivity contribution in [3.05, 3.63) is 22.7 Å². The van der Waals surface area contributed by atoms with Gasteiger partial charge in [-0.05, 0) is 28.1 Å². The zero-order chi connectivity index (χ0) is 12.8. The molecule has 94 valence electrons. The van der Waals surface area contributed by atoms with Gasteiger partial charge in [-0.15, -0.1) is 0 Å². The average molecular weight is 302 g/mol. The van der Waals surface area contributed by atoms with Crippen LogP contribution in [0.15, 0.2) is 22.7 Å². The molecule has 4 nitrogen and oxygen atoms in total. The fourth-order valence-electron chi connectivity index (χ4n) is 1.33. The Morgan fingerprint density at radius 1 is 1.47 bits per heavy atom. The van der Waals surface area contributed by atoms with E-state index in [4.69, 9.17) is 4.74 Å². The van der Waals surface area contributed by atoms with Crippen molar-refractivity contribution >= 4 is 27.6 Å². The SMILES string of the molecule is COC(=O)C(C)CNc1ccc(Br)c(OC)c1. The van der Waals surface area contributed by atoms with Gasteiger partial charge in [0.25, 0.3) is 0 Å². The maximum absolute atomic E-state index is 11.2. The summed E-state index contributed by atoms with van der Waals surface area (Å²) in [4.78, 5) is 11.2. The number of methoxy groups -OCH3 is 2. The Morgan fingerprint density at radius 3 is 2.76 bits per heavy atom. The normalized spacial score (nSPS) is 11.8. The quantitative estimate of drug-likeness (QED) is 0.850. The van der Waals surface area contributed by atoms with E-state index in [1.54, 1.807) is 7.11 Å². The Bertz CT molecular complexity index is 395. The summed E-state index contributed by atoms with van der Waals surface area (Å²) in [6.07, 6.45) is 0. The molecule has 0 amide bonds. The van der Waals surface area contributed by atoms with Gasteiger partial charge in [0.05, 0.1) is 24.6 Å². The fourth-order valence-corrected chi connectivity index (χ4v) is 1.73. The molecule has 0 saturated heterocycles. The molecule has 1 atom stereocenters. The van der Waals surface area contributed by atoms with E-state index in [9.17, 15) is 4.79 Å². The largest absolute Gasteiger partial charge is 0.495 e. The Hall–Kier alpha value is -1.23. The lowest BCUT2D eigenvalue weighted by atomic mass is 10.2. The summed E-state index contributed by atoms with van der Waals surface area (Å²) >= 11 is 3.38. The maximum atomic E-state index is 11.2. The van der Waals surface area contributed by atoms with E-state index in [-0.39, 0.29) is 11.9 Å². The van der Waals surface area contributed by atoms with Crippen LogP contribution in [0.4, 0.5) is 5.69 Å². The van der Waals surface area contributed by atoms with Crippen LogP contribution in [-0.2, 0) is 9.53 Å². The third-order valence-corrected chi connectivity index (χ3v) is 3.02. The molecule has 0 aliphatic carbocycles. The van der Waals surface area contributed by atoms with E-state index < -0.39 is 0 Å². The minimum Gasteiger partial charge on any atom is -0.495 e. The Labute approximate surface area is 109 Å². The highest BCUT2D eigenvalue weighted by Gasteiger charge is 2.12. The van der Waals surface area contributed by atoms with Crippen molar-refractivity contribution in [1.29, 1.82) is 0 Å². The predicted molar refractivity (Wildman–Crippen MR) is 70.4 cm³/mol. The van der Waals surface area contributed by atoms with Gasteiger partial charge < -0.3 is 14.8 Å². The molecule has 1 rings (SSSR count). The van der Waals surface area contributed by atoms with Crippen molar-refractivity contribution in [2.45, 2.75) is 6.92 Å². The Balaban J connectivity index is 2.60. The summed E-state index contributed by atoms with van der Waals surface area (Å²) in [5.41, 5.74) is 0.904. The molecule has 1 aromatic carbocycles. The van der Waals surface area contributed by atoms with Gasteiger partial charge in [0.2, 0.25) is 0 Å². The van der Waals surface area contributed by atoms with Crippen molar-refractivity contribution in [2.75, 3.05) is 26.1 Å². The van der Waals surface area contributed by atoms with Gasteiger partial charge in [0, 0.05) is 18.3 Å². The molecule has 0 bridgehead atoms. The van der Waals surface area contributed by atoms with E-state index in [0.717, 1.165) is 15.9 Å². The van der Waals surface area contributed by atoms with Crippen molar-refractivity contribution in [3.63, 3.8) is 0 Å². The van der Waals surface area contributed by atoms with E-state index in [1.165, 1.54) is 7.11 Å². The highest BCUT2D eigenvalue weighted by Crippen LogP contribution is 2.27. The van der Waals surface area contributed by atoms with Gasteiger partial charge in [-0.25, -0.2) is 0 Å². The van der Waals surface area contributed by atoms with Crippen LogP contribution in [0.3, 0.4) is 0 Å². The number of halogens is 1. The standard InChI is InChI=1S/C12H16BrNO3/c1-8(12(15)17-3)7-14-9-4-5-10(13)11(6-9)16-2/h4-6,8,14H,7H2,1-3H3. The molecular formula is C12H16BrNO3. The molecule has 0 aliphatic rings. The van der Waals surface area contributed by atoms with Gasteiger partial charge >= 0.3 is 5.97 Å². The number of ether oxygens (including phenoxy) is 2. The smallest absolute Gasteiger partial charge is 0.310 e. The molecule has 0 aromatic heterocycles. The number of rotatable bonds is 5. The molecule has 17 heavy (non-hydrogen) atoms. The van der Waals surface area contributed by atoms with E-state index in [0.29, 0.717) is 6.54 Å². The summed E-state index contributed by atoms with van der Waals surface area (Å²) in [6, 6.07) is 5.68. The van der Waals surface area contributed by atoms with E-state index in [1.807, 2.05) is 25.1 Å². The summed E-state index contributed by atoms with van der Waals surface area (Å²) in [5.74, 6) is 0.344. The lowest BCUT2D eigenvalue weighted by molar-refractivity contribution is -0.144. The highest BCUT2D eigenvalue weighted by atomic mass is 79.9. The minimum atomic E-state index is -0.221. The molecule has 0 spiro atoms. The van der Waals surface area contributed by atoms with Gasteiger partial charge in [-0.2, -0.15) is 0 Å². The molecule has 0 radical (unpaired) electrons. The first-order valence-corrected chi connectivity index (χ1v) is 6.03. The fraction of sp³-hybridized carbons (Fsp3) is 0.417. The van der Waals surface area contributed by atoms with Crippen LogP contribution in [0.1, 0.15) is 6.92 Å². The first kappa shape index (κ1) is 13.8. The average Bonchev–Trinajstić information content (AvgIpc) is 2.36. The van der Waals surface area contributed by atoms with Gasteiger partial charge in [-0.3, -0.25) is 4.79 Å². The lowest BCUT2D eigenvalue weighted by Crippen LogP contribution is -2.21. The number of esters is 1. The second-order valence-electron chi connectivity index (χ2n) is 3.65. The zero-order valence-electron chi connectivity index (χ0n) is 10.1. The van der Waals surface area contributed by atoms with Gasteiger partial charge in [0.15, 0.2) is 0 Å². The van der Waals surface area contributed by atoms with E-state index >= 15 is 0 Å². The number of hydrogen-bond acceptors (Lipinski definition) is 4. The first-order valence-electron chi connectivity index (χ1n) is 5.23. The van der Waals surface area contributed by atoms with Crippen molar-refractivity contribution in [1.82, 2.24) is 0 Å². The molecule has 0 saturated carbocycles. The van der Waals surface area contributed by atoms with Crippen LogP contribution >= 0.6 is 15.9 Å². The molecule has 1 aromatic rings. The number of benzene rings is 1. The first-order chi connectivity index (χ1) is 8.08. The van der Waals surface area contributed by atoms with Crippen LogP contribution in [-0.4, -0.2) is 26.7 Å². The molecule has 0 heterocycles. The number of nitrogens with one attached hydrogen (secondary N) is 1. The second-order valence-corrected chi connectivity index (χ2v) is 4.51. The number of hydrogen-bond donors (Lipinski definition) is 1. The van der Waals surface area contributed by atoms with Crippen LogP contribution < -0.4 is 10.1 Å². The molecule has 0 fully saturated rings. The van der Waals surface area contributed by atoms with Crippen LogP contribution in [0.5, 0.6) is 5.75 Å². The molecule has 1 unspecified atom stereocenters. The third kappa shape index (κ3) is 3.93. The highest BCUT2D eigenvalue weighted by molar-refractivity contribution is 9.10. The van der Waals surface area contributed by atoms with Crippen LogP contribution in [0, 0.1) is 5.92 Å². The maximum Gasteiger partial charge on any atom is 0.310 e. The summed E-state index contributed by atoms with van der Waals surface area (Å²) in [7, 11) is 3.00. The van der Waals surface area contributed by atoms with Crippen molar-refractivity contribution < 1.29 is 14.3 Å². The summed E-state index contributed by atoms with van der Waals surface area (Å²) in [6.45, 7) is 2.34. The molecular weight excluding hydrogens is 286 g/mol. The number of carbonyl (C=O) groups is 1. The summed E-state index contributed by atoms with van der Waals surface area (Å²) < 4.78 is 10.7. The number of carbonyl (C=O) groups excluding carboxylic acids is 1. The van der Waals surface area contributed by atoms with Gasteiger partial charge in [-0.1, -0.05) is 6.92 Å². The zero-order valence-corrected chi connectivity index (χ0v) is 11.7. The number of anilines is 1. The van der Waals surface area contributed by atoms with Crippen molar-refractivity contribution in [2.24, 2.45) is 5.92 Å². The molecule has 1 N–H and O–H groups in total. The van der Waals surface area contributed by atoms with E-state index in [2.05, 4.69) is 26.0 Å². The summed E-state index contributed by atoms with van der Waals surface area (Å²) in [5, 5.41) is 3.16. The molecule has 5 heteroatoms. The topological polar surface area (TPSA) is 47.6 Å². The van der Waals surface area contributed by atoms with Crippen LogP contribution in [0.25, 0.3) is 0 Å². The van der Waals surface area contributed by atoms with Crippen LogP contribution in [0.2, 0.25) is 0 Å².